The van der Waals surface area contributed by atoms with Crippen molar-refractivity contribution in [1.82, 2.24) is 25.5 Å². The van der Waals surface area contributed by atoms with Crippen LogP contribution in [0.4, 0.5) is 0 Å². The molecule has 5 heteroatoms. The molecular formula is C12H25N5. The van der Waals surface area contributed by atoms with Gasteiger partial charge in [0, 0.05) is 19.0 Å². The lowest BCUT2D eigenvalue weighted by atomic mass is 9.78. The predicted octanol–water partition coefficient (Wildman–Crippen LogP) is 1.56. The van der Waals surface area contributed by atoms with Gasteiger partial charge in [-0.05, 0) is 23.5 Å². The molecule has 0 fully saturated rings. The average Bonchev–Trinajstić information content (AvgIpc) is 2.70. The summed E-state index contributed by atoms with van der Waals surface area (Å²) in [5, 5.41) is 15.8. The summed E-state index contributed by atoms with van der Waals surface area (Å²) in [6, 6.07) is 0.516. The zero-order valence-corrected chi connectivity index (χ0v) is 11.7. The third-order valence-electron chi connectivity index (χ3n) is 3.47. The molecular weight excluding hydrogens is 214 g/mol. The summed E-state index contributed by atoms with van der Waals surface area (Å²) in [4.78, 5) is 1.53. The fourth-order valence-electron chi connectivity index (χ4n) is 1.96. The first-order valence-corrected chi connectivity index (χ1v) is 6.47. The molecule has 0 unspecified atom stereocenters. The van der Waals surface area contributed by atoms with Crippen molar-refractivity contribution in [3.63, 3.8) is 0 Å². The molecule has 1 N–H and O–H groups in total. The van der Waals surface area contributed by atoms with Crippen LogP contribution >= 0.6 is 0 Å². The number of tetrazole rings is 1. The molecule has 0 spiro atoms. The molecule has 1 rings (SSSR count). The SMILES string of the molecule is CCC(CC)(CNC(C)C)Cc1nnn(C)n1. The minimum absolute atomic E-state index is 0.243. The third kappa shape index (κ3) is 4.07. The minimum Gasteiger partial charge on any atom is -0.314 e. The molecule has 5 nitrogen and oxygen atoms in total. The molecule has 0 bridgehead atoms. The van der Waals surface area contributed by atoms with Crippen LogP contribution in [0, 0.1) is 5.41 Å². The van der Waals surface area contributed by atoms with Crippen LogP contribution in [-0.4, -0.2) is 32.8 Å². The van der Waals surface area contributed by atoms with Crippen LogP contribution in [0.5, 0.6) is 0 Å². The van der Waals surface area contributed by atoms with Gasteiger partial charge in [-0.1, -0.05) is 27.7 Å². The Morgan fingerprint density at radius 1 is 1.29 bits per heavy atom. The highest BCUT2D eigenvalue weighted by molar-refractivity contribution is 4.91. The summed E-state index contributed by atoms with van der Waals surface area (Å²) >= 11 is 0. The molecule has 0 radical (unpaired) electrons. The van der Waals surface area contributed by atoms with Crippen LogP contribution in [0.2, 0.25) is 0 Å². The molecule has 0 atom stereocenters. The lowest BCUT2D eigenvalue weighted by Gasteiger charge is -2.31. The van der Waals surface area contributed by atoms with Gasteiger partial charge in [-0.25, -0.2) is 0 Å². The molecule has 0 aliphatic rings. The topological polar surface area (TPSA) is 55.6 Å². The molecule has 98 valence electrons. The van der Waals surface area contributed by atoms with E-state index in [4.69, 9.17) is 0 Å². The second-order valence-corrected chi connectivity index (χ2v) is 5.11. The minimum atomic E-state index is 0.243. The Bertz CT molecular complexity index is 327. The number of rotatable bonds is 7. The molecule has 0 saturated heterocycles. The van der Waals surface area contributed by atoms with Gasteiger partial charge in [0.05, 0.1) is 7.05 Å². The van der Waals surface area contributed by atoms with E-state index in [9.17, 15) is 0 Å². The summed E-state index contributed by atoms with van der Waals surface area (Å²) < 4.78 is 0. The summed E-state index contributed by atoms with van der Waals surface area (Å²) in [5.74, 6) is 0.849. The maximum absolute atomic E-state index is 4.29. The van der Waals surface area contributed by atoms with Crippen LogP contribution in [0.1, 0.15) is 46.4 Å². The van der Waals surface area contributed by atoms with Crippen molar-refractivity contribution in [1.29, 1.82) is 0 Å². The third-order valence-corrected chi connectivity index (χ3v) is 3.47. The highest BCUT2D eigenvalue weighted by atomic mass is 15.6. The van der Waals surface area contributed by atoms with Gasteiger partial charge in [0.15, 0.2) is 5.82 Å². The molecule has 1 aromatic heterocycles. The molecule has 0 aliphatic carbocycles. The zero-order valence-electron chi connectivity index (χ0n) is 11.7. The molecule has 1 heterocycles. The first-order chi connectivity index (χ1) is 8.01. The highest BCUT2D eigenvalue weighted by Gasteiger charge is 2.28. The van der Waals surface area contributed by atoms with Crippen LogP contribution in [-0.2, 0) is 13.5 Å². The first kappa shape index (κ1) is 14.1. The molecule has 17 heavy (non-hydrogen) atoms. The fraction of sp³-hybridized carbons (Fsp3) is 0.917. The maximum Gasteiger partial charge on any atom is 0.175 e. The summed E-state index contributed by atoms with van der Waals surface area (Å²) in [6.07, 6.45) is 3.15. The molecule has 0 amide bonds. The van der Waals surface area contributed by atoms with Crippen molar-refractivity contribution in [2.45, 2.75) is 53.0 Å². The first-order valence-electron chi connectivity index (χ1n) is 6.47. The quantitative estimate of drug-likeness (QED) is 0.784. The number of aromatic nitrogens is 4. The zero-order chi connectivity index (χ0) is 12.9. The van der Waals surface area contributed by atoms with Crippen molar-refractivity contribution in [3.05, 3.63) is 5.82 Å². The molecule has 1 aromatic rings. The number of hydrogen-bond acceptors (Lipinski definition) is 4. The van der Waals surface area contributed by atoms with E-state index in [1.54, 1.807) is 0 Å². The number of hydrogen-bond donors (Lipinski definition) is 1. The van der Waals surface area contributed by atoms with Gasteiger partial charge in [-0.2, -0.15) is 4.80 Å². The number of nitrogens with one attached hydrogen (secondary N) is 1. The normalized spacial score (nSPS) is 12.4. The highest BCUT2D eigenvalue weighted by Crippen LogP contribution is 2.29. The fourth-order valence-corrected chi connectivity index (χ4v) is 1.96. The van der Waals surface area contributed by atoms with Crippen molar-refractivity contribution in [3.8, 4) is 0 Å². The van der Waals surface area contributed by atoms with E-state index >= 15 is 0 Å². The van der Waals surface area contributed by atoms with Gasteiger partial charge >= 0.3 is 0 Å². The van der Waals surface area contributed by atoms with Crippen molar-refractivity contribution in [2.75, 3.05) is 6.54 Å². The molecule has 0 aromatic carbocycles. The lowest BCUT2D eigenvalue weighted by molar-refractivity contribution is 0.234. The van der Waals surface area contributed by atoms with Crippen LogP contribution in [0.3, 0.4) is 0 Å². The van der Waals surface area contributed by atoms with Gasteiger partial charge < -0.3 is 5.32 Å². The Hall–Kier alpha value is -0.970. The van der Waals surface area contributed by atoms with Crippen LogP contribution < -0.4 is 5.32 Å². The van der Waals surface area contributed by atoms with Gasteiger partial charge in [-0.15, -0.1) is 10.2 Å². The van der Waals surface area contributed by atoms with Crippen molar-refractivity contribution < 1.29 is 0 Å². The monoisotopic (exact) mass is 239 g/mol. The van der Waals surface area contributed by atoms with Gasteiger partial charge in [0.25, 0.3) is 0 Å². The van der Waals surface area contributed by atoms with E-state index < -0.39 is 0 Å². The summed E-state index contributed by atoms with van der Waals surface area (Å²) in [7, 11) is 1.81. The molecule has 0 aliphatic heterocycles. The smallest absolute Gasteiger partial charge is 0.175 e. The van der Waals surface area contributed by atoms with E-state index in [0.29, 0.717) is 6.04 Å². The average molecular weight is 239 g/mol. The van der Waals surface area contributed by atoms with E-state index in [-0.39, 0.29) is 5.41 Å². The Labute approximate surface area is 104 Å². The summed E-state index contributed by atoms with van der Waals surface area (Å²) in [6.45, 7) is 9.84. The Kier molecular flexibility index (Phi) is 5.05. The Morgan fingerprint density at radius 3 is 2.35 bits per heavy atom. The largest absolute Gasteiger partial charge is 0.314 e. The van der Waals surface area contributed by atoms with E-state index in [0.717, 1.165) is 31.6 Å². The standard InChI is InChI=1S/C12H25N5/c1-6-12(7-2,9-13-10(3)4)8-11-14-16-17(5)15-11/h10,13H,6-9H2,1-5H3. The van der Waals surface area contributed by atoms with Crippen LogP contribution in [0.15, 0.2) is 0 Å². The molecule has 0 saturated carbocycles. The van der Waals surface area contributed by atoms with Crippen molar-refractivity contribution in [2.24, 2.45) is 12.5 Å². The van der Waals surface area contributed by atoms with Gasteiger partial charge in [0.2, 0.25) is 0 Å². The van der Waals surface area contributed by atoms with E-state index in [1.165, 1.54) is 4.80 Å². The second kappa shape index (κ2) is 6.10. The Balaban J connectivity index is 2.69. The van der Waals surface area contributed by atoms with Gasteiger partial charge in [-0.3, -0.25) is 0 Å². The predicted molar refractivity (Wildman–Crippen MR) is 68.7 cm³/mol. The Morgan fingerprint density at radius 2 is 1.94 bits per heavy atom. The van der Waals surface area contributed by atoms with Gasteiger partial charge in [0.1, 0.15) is 0 Å². The summed E-state index contributed by atoms with van der Waals surface area (Å²) in [5.41, 5.74) is 0.243. The number of aryl methyl sites for hydroxylation is 1. The number of nitrogens with zero attached hydrogens (tertiary/aromatic N) is 4. The lowest BCUT2D eigenvalue weighted by Crippen LogP contribution is -2.38. The second-order valence-electron chi connectivity index (χ2n) is 5.11. The van der Waals surface area contributed by atoms with E-state index in [1.807, 2.05) is 7.05 Å². The van der Waals surface area contributed by atoms with E-state index in [2.05, 4.69) is 48.4 Å². The maximum atomic E-state index is 4.29. The van der Waals surface area contributed by atoms with Crippen molar-refractivity contribution >= 4 is 0 Å². The van der Waals surface area contributed by atoms with Crippen LogP contribution in [0.25, 0.3) is 0 Å².